The Morgan fingerprint density at radius 3 is 2.94 bits per heavy atom. The van der Waals surface area contributed by atoms with Crippen LogP contribution in [0.15, 0.2) is 18.2 Å². The maximum atomic E-state index is 6.24. The molecule has 0 spiro atoms. The van der Waals surface area contributed by atoms with Crippen molar-refractivity contribution in [1.29, 1.82) is 0 Å². The first-order chi connectivity index (χ1) is 7.81. The molecule has 2 aromatic heterocycles. The van der Waals surface area contributed by atoms with Gasteiger partial charge in [0, 0.05) is 12.3 Å². The number of nitrogens with zero attached hydrogens (tertiary/aromatic N) is 2. The molecule has 0 radical (unpaired) electrons. The zero-order valence-corrected chi connectivity index (χ0v) is 9.74. The summed E-state index contributed by atoms with van der Waals surface area (Å²) < 4.78 is 2.07. The minimum Gasteiger partial charge on any atom is -0.330 e. The second kappa shape index (κ2) is 3.75. The fraction of sp³-hybridized carbons (Fsp3) is 0.417. The molecule has 2 N–H and O–H groups in total. The van der Waals surface area contributed by atoms with Gasteiger partial charge in [0.25, 0.3) is 0 Å². The number of halogens is 1. The van der Waals surface area contributed by atoms with Crippen molar-refractivity contribution in [1.82, 2.24) is 9.38 Å². The molecule has 2 heterocycles. The van der Waals surface area contributed by atoms with Gasteiger partial charge < -0.3 is 5.73 Å². The van der Waals surface area contributed by atoms with Crippen molar-refractivity contribution in [2.75, 3.05) is 6.54 Å². The average Bonchev–Trinajstić information content (AvgIpc) is 3.04. The first-order valence-electron chi connectivity index (χ1n) is 5.67. The van der Waals surface area contributed by atoms with E-state index in [2.05, 4.69) is 10.5 Å². The molecule has 0 unspecified atom stereocenters. The van der Waals surface area contributed by atoms with Crippen molar-refractivity contribution < 1.29 is 0 Å². The van der Waals surface area contributed by atoms with Crippen LogP contribution in [0.1, 0.15) is 30.3 Å². The van der Waals surface area contributed by atoms with E-state index >= 15 is 0 Å². The quantitative estimate of drug-likeness (QED) is 0.830. The lowest BCUT2D eigenvalue weighted by atomic mass is 10.2. The Labute approximate surface area is 99.2 Å². The van der Waals surface area contributed by atoms with Gasteiger partial charge in [0.2, 0.25) is 0 Å². The standard InChI is InChI=1S/C12H14ClN3/c13-11-3-1-2-10-9(6-7-14)15-12(16(10)11)8-4-5-8/h1-3,8H,4-7,14H2. The predicted octanol–water partition coefficient (Wildman–Crippen LogP) is 2.37. The van der Waals surface area contributed by atoms with Crippen LogP contribution in [0.4, 0.5) is 0 Å². The molecular weight excluding hydrogens is 222 g/mol. The van der Waals surface area contributed by atoms with E-state index in [9.17, 15) is 0 Å². The highest BCUT2D eigenvalue weighted by Crippen LogP contribution is 2.40. The molecule has 0 saturated heterocycles. The number of hydrogen-bond acceptors (Lipinski definition) is 2. The smallest absolute Gasteiger partial charge is 0.117 e. The Morgan fingerprint density at radius 2 is 2.25 bits per heavy atom. The molecule has 0 atom stereocenters. The normalized spacial score (nSPS) is 15.9. The molecule has 0 aromatic carbocycles. The van der Waals surface area contributed by atoms with E-state index in [1.807, 2.05) is 12.1 Å². The number of rotatable bonds is 3. The third-order valence-corrected chi connectivity index (χ3v) is 3.34. The van der Waals surface area contributed by atoms with Crippen LogP contribution in [-0.2, 0) is 6.42 Å². The fourth-order valence-corrected chi connectivity index (χ4v) is 2.37. The van der Waals surface area contributed by atoms with Crippen molar-refractivity contribution >= 4 is 17.1 Å². The minimum atomic E-state index is 0.596. The summed E-state index contributed by atoms with van der Waals surface area (Å²) in [5.74, 6) is 1.71. The molecule has 84 valence electrons. The van der Waals surface area contributed by atoms with Crippen LogP contribution in [0.3, 0.4) is 0 Å². The molecule has 16 heavy (non-hydrogen) atoms. The van der Waals surface area contributed by atoms with Crippen LogP contribution >= 0.6 is 11.6 Å². The van der Waals surface area contributed by atoms with Crippen LogP contribution in [0.25, 0.3) is 5.52 Å². The molecule has 3 nitrogen and oxygen atoms in total. The molecule has 4 heteroatoms. The summed E-state index contributed by atoms with van der Waals surface area (Å²) in [5.41, 5.74) is 7.80. The van der Waals surface area contributed by atoms with Gasteiger partial charge in [-0.15, -0.1) is 0 Å². The average molecular weight is 236 g/mol. The van der Waals surface area contributed by atoms with Gasteiger partial charge >= 0.3 is 0 Å². The minimum absolute atomic E-state index is 0.596. The highest BCUT2D eigenvalue weighted by molar-refractivity contribution is 6.29. The molecule has 0 amide bonds. The van der Waals surface area contributed by atoms with Gasteiger partial charge in [-0.3, -0.25) is 4.40 Å². The zero-order valence-electron chi connectivity index (χ0n) is 8.99. The molecule has 0 bridgehead atoms. The van der Waals surface area contributed by atoms with Crippen LogP contribution in [0, 0.1) is 0 Å². The Bertz CT molecular complexity index is 528. The highest BCUT2D eigenvalue weighted by Gasteiger charge is 2.29. The van der Waals surface area contributed by atoms with Gasteiger partial charge in [-0.25, -0.2) is 4.98 Å². The van der Waals surface area contributed by atoms with Crippen molar-refractivity contribution in [3.8, 4) is 0 Å². The highest BCUT2D eigenvalue weighted by atomic mass is 35.5. The first-order valence-corrected chi connectivity index (χ1v) is 6.05. The topological polar surface area (TPSA) is 43.3 Å². The molecule has 2 aromatic rings. The van der Waals surface area contributed by atoms with Crippen molar-refractivity contribution in [2.24, 2.45) is 5.73 Å². The van der Waals surface area contributed by atoms with Crippen molar-refractivity contribution in [2.45, 2.75) is 25.2 Å². The van der Waals surface area contributed by atoms with E-state index in [4.69, 9.17) is 22.3 Å². The van der Waals surface area contributed by atoms with Crippen molar-refractivity contribution in [3.05, 3.63) is 34.9 Å². The van der Waals surface area contributed by atoms with E-state index in [-0.39, 0.29) is 0 Å². The maximum absolute atomic E-state index is 6.24. The van der Waals surface area contributed by atoms with Crippen LogP contribution in [0.2, 0.25) is 5.15 Å². The molecule has 1 aliphatic rings. The second-order valence-electron chi connectivity index (χ2n) is 4.30. The molecular formula is C12H14ClN3. The van der Waals surface area contributed by atoms with Crippen molar-refractivity contribution in [3.63, 3.8) is 0 Å². The van der Waals surface area contributed by atoms with Gasteiger partial charge in [0.1, 0.15) is 11.0 Å². The maximum Gasteiger partial charge on any atom is 0.117 e. The van der Waals surface area contributed by atoms with Gasteiger partial charge in [0.15, 0.2) is 0 Å². The van der Waals surface area contributed by atoms with E-state index in [1.165, 1.54) is 12.8 Å². The number of pyridine rings is 1. The first kappa shape index (κ1) is 10.1. The summed E-state index contributed by atoms with van der Waals surface area (Å²) >= 11 is 6.24. The SMILES string of the molecule is NCCc1nc(C2CC2)n2c(Cl)cccc12. The van der Waals surface area contributed by atoms with E-state index in [0.717, 1.165) is 28.6 Å². The Kier molecular flexibility index (Phi) is 2.37. The third-order valence-electron chi connectivity index (χ3n) is 3.04. The van der Waals surface area contributed by atoms with E-state index < -0.39 is 0 Å². The molecule has 3 rings (SSSR count). The lowest BCUT2D eigenvalue weighted by Gasteiger charge is -2.01. The number of nitrogens with two attached hydrogens (primary N) is 1. The van der Waals surface area contributed by atoms with E-state index in [1.54, 1.807) is 0 Å². The van der Waals surface area contributed by atoms with Gasteiger partial charge in [-0.2, -0.15) is 0 Å². The fourth-order valence-electron chi connectivity index (χ4n) is 2.12. The molecule has 0 aliphatic heterocycles. The van der Waals surface area contributed by atoms with Crippen LogP contribution in [0.5, 0.6) is 0 Å². The summed E-state index contributed by atoms with van der Waals surface area (Å²) in [5, 5.41) is 0.746. The molecule has 1 aliphatic carbocycles. The monoisotopic (exact) mass is 235 g/mol. The largest absolute Gasteiger partial charge is 0.330 e. The second-order valence-corrected chi connectivity index (χ2v) is 4.69. The predicted molar refractivity (Wildman–Crippen MR) is 64.9 cm³/mol. The number of aromatic nitrogens is 2. The number of hydrogen-bond donors (Lipinski definition) is 1. The summed E-state index contributed by atoms with van der Waals surface area (Å²) in [4.78, 5) is 4.70. The van der Waals surface area contributed by atoms with Crippen LogP contribution in [-0.4, -0.2) is 15.9 Å². The van der Waals surface area contributed by atoms with Gasteiger partial charge in [-0.1, -0.05) is 17.7 Å². The Morgan fingerprint density at radius 1 is 1.44 bits per heavy atom. The molecule has 1 saturated carbocycles. The lowest BCUT2D eigenvalue weighted by molar-refractivity contribution is 0.891. The third kappa shape index (κ3) is 1.51. The lowest BCUT2D eigenvalue weighted by Crippen LogP contribution is -2.03. The Hall–Kier alpha value is -1.06. The number of fused-ring (bicyclic) bond motifs is 1. The summed E-state index contributed by atoms with van der Waals surface area (Å²) in [6, 6.07) is 5.94. The van der Waals surface area contributed by atoms with Gasteiger partial charge in [0.05, 0.1) is 11.2 Å². The molecule has 1 fully saturated rings. The Balaban J connectivity index is 2.24. The summed E-state index contributed by atoms with van der Waals surface area (Å²) in [6.45, 7) is 0.628. The number of imidazole rings is 1. The summed E-state index contributed by atoms with van der Waals surface area (Å²) in [7, 11) is 0. The van der Waals surface area contributed by atoms with Gasteiger partial charge in [-0.05, 0) is 31.5 Å². The van der Waals surface area contributed by atoms with E-state index in [0.29, 0.717) is 12.5 Å². The zero-order chi connectivity index (χ0) is 11.1. The van der Waals surface area contributed by atoms with Crippen LogP contribution < -0.4 is 5.73 Å². The summed E-state index contributed by atoms with van der Waals surface area (Å²) in [6.07, 6.45) is 3.27.